The molecule has 1 aromatic heterocycles. The van der Waals surface area contributed by atoms with Crippen molar-refractivity contribution in [2.75, 3.05) is 11.1 Å². The zero-order valence-electron chi connectivity index (χ0n) is 12.2. The Hall–Kier alpha value is -2.45. The Morgan fingerprint density at radius 2 is 1.96 bits per heavy atom. The quantitative estimate of drug-likeness (QED) is 0.705. The summed E-state index contributed by atoms with van der Waals surface area (Å²) in [6.45, 7) is 0. The first-order valence-corrected chi connectivity index (χ1v) is 8.21. The molecule has 1 heterocycles. The van der Waals surface area contributed by atoms with Crippen LogP contribution in [0.25, 0.3) is 5.69 Å². The summed E-state index contributed by atoms with van der Waals surface area (Å²) in [5, 5.41) is 15.0. The Morgan fingerprint density at radius 3 is 2.71 bits per heavy atom. The Morgan fingerprint density at radius 1 is 1.21 bits per heavy atom. The molecule has 24 heavy (non-hydrogen) atoms. The summed E-state index contributed by atoms with van der Waals surface area (Å²) in [5.41, 5.74) is 0.863. The molecule has 0 unspecified atom stereocenters. The van der Waals surface area contributed by atoms with Crippen LogP contribution in [0.3, 0.4) is 0 Å². The highest BCUT2D eigenvalue weighted by atomic mass is 35.5. The van der Waals surface area contributed by atoms with E-state index in [9.17, 15) is 9.18 Å². The number of hydrogen-bond donors (Lipinski definition) is 1. The third-order valence-electron chi connectivity index (χ3n) is 2.99. The molecule has 0 saturated carbocycles. The van der Waals surface area contributed by atoms with Crippen LogP contribution in [-0.2, 0) is 4.79 Å². The number of nitrogens with one attached hydrogen (secondary N) is 1. The van der Waals surface area contributed by atoms with Gasteiger partial charge in [-0.2, -0.15) is 4.68 Å². The lowest BCUT2D eigenvalue weighted by Gasteiger charge is -2.06. The Labute approximate surface area is 146 Å². The fourth-order valence-corrected chi connectivity index (χ4v) is 2.71. The van der Waals surface area contributed by atoms with Gasteiger partial charge in [0.25, 0.3) is 0 Å². The number of nitrogens with zero attached hydrogens (tertiary/aromatic N) is 4. The molecule has 0 aliphatic heterocycles. The third kappa shape index (κ3) is 3.90. The fourth-order valence-electron chi connectivity index (χ4n) is 1.89. The smallest absolute Gasteiger partial charge is 0.234 e. The number of aromatic nitrogens is 4. The van der Waals surface area contributed by atoms with Crippen molar-refractivity contribution >= 4 is 35.0 Å². The maximum Gasteiger partial charge on any atom is 0.234 e. The minimum atomic E-state index is -0.484. The van der Waals surface area contributed by atoms with E-state index < -0.39 is 5.82 Å². The van der Waals surface area contributed by atoms with E-state index in [1.807, 2.05) is 0 Å². The van der Waals surface area contributed by atoms with Crippen molar-refractivity contribution in [2.45, 2.75) is 5.16 Å². The monoisotopic (exact) mass is 363 g/mol. The van der Waals surface area contributed by atoms with E-state index in [0.29, 0.717) is 10.2 Å². The van der Waals surface area contributed by atoms with Crippen LogP contribution in [-0.4, -0.2) is 31.9 Å². The van der Waals surface area contributed by atoms with E-state index in [1.165, 1.54) is 16.8 Å². The predicted octanol–water partition coefficient (Wildman–Crippen LogP) is 3.19. The highest BCUT2D eigenvalue weighted by Crippen LogP contribution is 2.20. The molecule has 0 aliphatic carbocycles. The molecule has 3 aromatic rings. The Bertz CT molecular complexity index is 855. The third-order valence-corrected chi connectivity index (χ3v) is 4.16. The van der Waals surface area contributed by atoms with E-state index in [-0.39, 0.29) is 17.3 Å². The van der Waals surface area contributed by atoms with Gasteiger partial charge in [0.15, 0.2) is 0 Å². The first kappa shape index (κ1) is 16.4. The number of rotatable bonds is 5. The van der Waals surface area contributed by atoms with Gasteiger partial charge in [-0.25, -0.2) is 4.39 Å². The van der Waals surface area contributed by atoms with Crippen LogP contribution >= 0.6 is 23.4 Å². The average molecular weight is 364 g/mol. The van der Waals surface area contributed by atoms with E-state index >= 15 is 0 Å². The lowest BCUT2D eigenvalue weighted by molar-refractivity contribution is -0.113. The van der Waals surface area contributed by atoms with Gasteiger partial charge in [-0.3, -0.25) is 4.79 Å². The zero-order valence-corrected chi connectivity index (χ0v) is 13.8. The number of para-hydroxylation sites is 1. The fraction of sp³-hybridized carbons (Fsp3) is 0.0667. The van der Waals surface area contributed by atoms with Gasteiger partial charge < -0.3 is 5.32 Å². The number of anilines is 1. The summed E-state index contributed by atoms with van der Waals surface area (Å²) in [6.07, 6.45) is 0. The molecule has 1 amide bonds. The van der Waals surface area contributed by atoms with Gasteiger partial charge in [0, 0.05) is 5.02 Å². The van der Waals surface area contributed by atoms with E-state index in [4.69, 9.17) is 11.6 Å². The van der Waals surface area contributed by atoms with Crippen molar-refractivity contribution in [3.63, 3.8) is 0 Å². The molecule has 122 valence electrons. The Kier molecular flexibility index (Phi) is 5.07. The molecule has 0 saturated heterocycles. The molecular formula is C15H11ClFN5OS. The van der Waals surface area contributed by atoms with Crippen LogP contribution < -0.4 is 5.32 Å². The second-order valence-electron chi connectivity index (χ2n) is 4.67. The van der Waals surface area contributed by atoms with Gasteiger partial charge in [-0.15, -0.1) is 5.10 Å². The number of benzene rings is 2. The number of tetrazole rings is 1. The molecule has 3 rings (SSSR count). The normalized spacial score (nSPS) is 10.6. The lowest BCUT2D eigenvalue weighted by Crippen LogP contribution is -2.15. The summed E-state index contributed by atoms with van der Waals surface area (Å²) in [4.78, 5) is 12.0. The number of carbonyl (C=O) groups excluding carboxylic acids is 1. The molecule has 0 fully saturated rings. The van der Waals surface area contributed by atoms with Crippen molar-refractivity contribution in [3.05, 3.63) is 59.4 Å². The molecule has 2 aromatic carbocycles. The van der Waals surface area contributed by atoms with Gasteiger partial charge in [-0.1, -0.05) is 35.5 Å². The molecule has 0 bridgehead atoms. The first-order chi connectivity index (χ1) is 11.6. The van der Waals surface area contributed by atoms with E-state index in [2.05, 4.69) is 20.8 Å². The molecule has 6 nitrogen and oxygen atoms in total. The summed E-state index contributed by atoms with van der Waals surface area (Å²) in [6, 6.07) is 13.0. The molecule has 0 aliphatic rings. The SMILES string of the molecule is O=C(CSc1nnnn1-c1ccc(Cl)cc1)Nc1ccccc1F. The van der Waals surface area contributed by atoms with Crippen LogP contribution in [0.2, 0.25) is 5.02 Å². The first-order valence-electron chi connectivity index (χ1n) is 6.85. The summed E-state index contributed by atoms with van der Waals surface area (Å²) in [5.74, 6) is -0.792. The van der Waals surface area contributed by atoms with Crippen molar-refractivity contribution in [3.8, 4) is 5.69 Å². The average Bonchev–Trinajstić information content (AvgIpc) is 3.04. The standard InChI is InChI=1S/C15H11ClFN5OS/c16-10-5-7-11(8-6-10)22-15(19-20-21-22)24-9-14(23)18-13-4-2-1-3-12(13)17/h1-8H,9H2,(H,18,23). The van der Waals surface area contributed by atoms with Crippen molar-refractivity contribution in [1.29, 1.82) is 0 Å². The van der Waals surface area contributed by atoms with Crippen LogP contribution in [0.1, 0.15) is 0 Å². The molecule has 0 radical (unpaired) electrons. The zero-order chi connectivity index (χ0) is 16.9. The minimum absolute atomic E-state index is 0.0439. The van der Waals surface area contributed by atoms with E-state index in [1.54, 1.807) is 36.4 Å². The highest BCUT2D eigenvalue weighted by molar-refractivity contribution is 7.99. The lowest BCUT2D eigenvalue weighted by atomic mass is 10.3. The maximum absolute atomic E-state index is 13.5. The highest BCUT2D eigenvalue weighted by Gasteiger charge is 2.12. The van der Waals surface area contributed by atoms with Gasteiger partial charge >= 0.3 is 0 Å². The minimum Gasteiger partial charge on any atom is -0.323 e. The summed E-state index contributed by atoms with van der Waals surface area (Å²) >= 11 is 7.00. The molecule has 0 spiro atoms. The van der Waals surface area contributed by atoms with Gasteiger partial charge in [-0.05, 0) is 46.8 Å². The molecule has 9 heteroatoms. The van der Waals surface area contributed by atoms with Crippen LogP contribution in [0, 0.1) is 5.82 Å². The number of carbonyl (C=O) groups is 1. The van der Waals surface area contributed by atoms with Crippen LogP contribution in [0.15, 0.2) is 53.7 Å². The van der Waals surface area contributed by atoms with Gasteiger partial charge in [0.05, 0.1) is 17.1 Å². The second kappa shape index (κ2) is 7.41. The molecule has 1 N–H and O–H groups in total. The van der Waals surface area contributed by atoms with Crippen LogP contribution in [0.4, 0.5) is 10.1 Å². The predicted molar refractivity (Wildman–Crippen MR) is 89.9 cm³/mol. The molecule has 0 atom stereocenters. The van der Waals surface area contributed by atoms with Crippen molar-refractivity contribution < 1.29 is 9.18 Å². The summed E-state index contributed by atoms with van der Waals surface area (Å²) < 4.78 is 15.0. The largest absolute Gasteiger partial charge is 0.323 e. The summed E-state index contributed by atoms with van der Waals surface area (Å²) in [7, 11) is 0. The van der Waals surface area contributed by atoms with Gasteiger partial charge in [0.2, 0.25) is 11.1 Å². The van der Waals surface area contributed by atoms with Crippen molar-refractivity contribution in [1.82, 2.24) is 20.2 Å². The Balaban J connectivity index is 1.65. The number of hydrogen-bond acceptors (Lipinski definition) is 5. The van der Waals surface area contributed by atoms with E-state index in [0.717, 1.165) is 17.4 Å². The molecular weight excluding hydrogens is 353 g/mol. The maximum atomic E-state index is 13.5. The topological polar surface area (TPSA) is 72.7 Å². The van der Waals surface area contributed by atoms with Gasteiger partial charge in [0.1, 0.15) is 5.82 Å². The van der Waals surface area contributed by atoms with Crippen molar-refractivity contribution in [2.24, 2.45) is 0 Å². The van der Waals surface area contributed by atoms with Crippen LogP contribution in [0.5, 0.6) is 0 Å². The number of amides is 1. The second-order valence-corrected chi connectivity index (χ2v) is 6.05. The number of thioether (sulfide) groups is 1. The number of halogens is 2.